The van der Waals surface area contributed by atoms with Crippen molar-refractivity contribution in [1.29, 1.82) is 0 Å². The first kappa shape index (κ1) is 10.7. The van der Waals surface area contributed by atoms with Crippen LogP contribution in [0.15, 0.2) is 6.33 Å². The summed E-state index contributed by atoms with van der Waals surface area (Å²) in [5.41, 5.74) is 1.51. The summed E-state index contributed by atoms with van der Waals surface area (Å²) in [5, 5.41) is 1.32. The van der Waals surface area contributed by atoms with E-state index in [0.29, 0.717) is 0 Å². The molecule has 1 aliphatic carbocycles. The highest BCUT2D eigenvalue weighted by atomic mass is 32.1. The number of aryl methyl sites for hydroxylation is 2. The lowest BCUT2D eigenvalue weighted by Gasteiger charge is -2.28. The van der Waals surface area contributed by atoms with Crippen LogP contribution in [-0.4, -0.2) is 36.3 Å². The molecule has 1 aliphatic heterocycles. The molecule has 2 aromatic heterocycles. The van der Waals surface area contributed by atoms with Gasteiger partial charge in [0, 0.05) is 18.0 Å². The highest BCUT2D eigenvalue weighted by Crippen LogP contribution is 2.40. The molecule has 0 saturated carbocycles. The molecule has 1 saturated heterocycles. The van der Waals surface area contributed by atoms with E-state index < -0.39 is 0 Å². The van der Waals surface area contributed by atoms with E-state index in [4.69, 9.17) is 4.74 Å². The van der Waals surface area contributed by atoms with Crippen LogP contribution in [0.25, 0.3) is 10.2 Å². The van der Waals surface area contributed by atoms with Crippen LogP contribution >= 0.6 is 11.3 Å². The normalized spacial score (nSPS) is 19.4. The maximum absolute atomic E-state index is 5.42. The van der Waals surface area contributed by atoms with Crippen molar-refractivity contribution in [3.05, 3.63) is 16.8 Å². The smallest absolute Gasteiger partial charge is 0.141 e. The summed E-state index contributed by atoms with van der Waals surface area (Å²) in [5.74, 6) is 1.13. The van der Waals surface area contributed by atoms with Gasteiger partial charge < -0.3 is 9.64 Å². The zero-order valence-electron chi connectivity index (χ0n) is 10.2. The number of hydrogen-bond donors (Lipinski definition) is 0. The van der Waals surface area contributed by atoms with E-state index in [0.717, 1.165) is 37.0 Å². The van der Waals surface area contributed by atoms with Gasteiger partial charge in [-0.1, -0.05) is 0 Å². The molecular formula is C13H15N3OS. The zero-order valence-corrected chi connectivity index (χ0v) is 11.0. The minimum atomic E-state index is 0.803. The molecule has 4 rings (SSSR count). The molecule has 0 N–H and O–H groups in total. The summed E-state index contributed by atoms with van der Waals surface area (Å²) in [6.45, 7) is 3.49. The van der Waals surface area contributed by atoms with Crippen LogP contribution in [0.3, 0.4) is 0 Å². The Morgan fingerprint density at radius 1 is 1.17 bits per heavy atom. The second kappa shape index (κ2) is 4.17. The van der Waals surface area contributed by atoms with Crippen LogP contribution in [0.5, 0.6) is 0 Å². The summed E-state index contributed by atoms with van der Waals surface area (Å²) < 4.78 is 5.42. The van der Waals surface area contributed by atoms with Crippen molar-refractivity contribution in [2.45, 2.75) is 19.3 Å². The molecule has 5 heteroatoms. The fraction of sp³-hybridized carbons (Fsp3) is 0.538. The standard InChI is InChI=1S/C13H15N3OS/c1-2-9-10(3-1)18-13-11(9)12(14-8-15-13)16-4-6-17-7-5-16/h8H,1-7H2. The van der Waals surface area contributed by atoms with Crippen molar-refractivity contribution in [2.24, 2.45) is 0 Å². The summed E-state index contributed by atoms with van der Waals surface area (Å²) in [4.78, 5) is 14.0. The molecule has 0 spiro atoms. The van der Waals surface area contributed by atoms with Gasteiger partial charge in [-0.15, -0.1) is 11.3 Å². The molecule has 4 nitrogen and oxygen atoms in total. The third-order valence-electron chi connectivity index (χ3n) is 3.79. The molecule has 0 radical (unpaired) electrons. The van der Waals surface area contributed by atoms with E-state index in [1.165, 1.54) is 35.1 Å². The van der Waals surface area contributed by atoms with E-state index >= 15 is 0 Å². The Morgan fingerprint density at radius 3 is 2.94 bits per heavy atom. The predicted molar refractivity (Wildman–Crippen MR) is 72.5 cm³/mol. The average Bonchev–Trinajstić information content (AvgIpc) is 2.99. The SMILES string of the molecule is c1nc(N2CCOCC2)c2c3c(sc2n1)CCC3. The molecule has 0 atom stereocenters. The molecule has 2 aliphatic rings. The Labute approximate surface area is 110 Å². The minimum absolute atomic E-state index is 0.803. The van der Waals surface area contributed by atoms with Crippen LogP contribution in [0, 0.1) is 0 Å². The second-order valence-corrected chi connectivity index (χ2v) is 5.92. The topological polar surface area (TPSA) is 38.2 Å². The molecule has 0 aromatic carbocycles. The molecule has 3 heterocycles. The fourth-order valence-corrected chi connectivity index (χ4v) is 4.15. The van der Waals surface area contributed by atoms with Crippen molar-refractivity contribution < 1.29 is 4.74 Å². The number of hydrogen-bond acceptors (Lipinski definition) is 5. The summed E-state index contributed by atoms with van der Waals surface area (Å²) >= 11 is 1.86. The molecule has 18 heavy (non-hydrogen) atoms. The lowest BCUT2D eigenvalue weighted by Crippen LogP contribution is -2.36. The number of morpholine rings is 1. The monoisotopic (exact) mass is 261 g/mol. The van der Waals surface area contributed by atoms with Gasteiger partial charge in [0.1, 0.15) is 17.0 Å². The first-order valence-electron chi connectivity index (χ1n) is 6.51. The van der Waals surface area contributed by atoms with Gasteiger partial charge in [0.15, 0.2) is 0 Å². The quantitative estimate of drug-likeness (QED) is 0.787. The fourth-order valence-electron chi connectivity index (χ4n) is 2.93. The lowest BCUT2D eigenvalue weighted by molar-refractivity contribution is 0.122. The molecular weight excluding hydrogens is 246 g/mol. The molecule has 0 bridgehead atoms. The summed E-state index contributed by atoms with van der Waals surface area (Å²) in [6, 6.07) is 0. The van der Waals surface area contributed by atoms with Crippen molar-refractivity contribution >= 4 is 27.4 Å². The molecule has 94 valence electrons. The Morgan fingerprint density at radius 2 is 2.06 bits per heavy atom. The van der Waals surface area contributed by atoms with Crippen LogP contribution < -0.4 is 4.90 Å². The van der Waals surface area contributed by atoms with Crippen LogP contribution in [0.2, 0.25) is 0 Å². The summed E-state index contributed by atoms with van der Waals surface area (Å²) in [7, 11) is 0. The van der Waals surface area contributed by atoms with Crippen molar-refractivity contribution in [2.75, 3.05) is 31.2 Å². The number of fused-ring (bicyclic) bond motifs is 3. The number of anilines is 1. The van der Waals surface area contributed by atoms with Crippen molar-refractivity contribution in [3.8, 4) is 0 Å². The number of ether oxygens (including phenoxy) is 1. The Hall–Kier alpha value is -1.20. The van der Waals surface area contributed by atoms with E-state index in [1.54, 1.807) is 6.33 Å². The number of aromatic nitrogens is 2. The third-order valence-corrected chi connectivity index (χ3v) is 4.99. The summed E-state index contributed by atoms with van der Waals surface area (Å²) in [6.07, 6.45) is 5.41. The first-order chi connectivity index (χ1) is 8.93. The maximum atomic E-state index is 5.42. The van der Waals surface area contributed by atoms with Gasteiger partial charge in [0.25, 0.3) is 0 Å². The number of rotatable bonds is 1. The number of thiophene rings is 1. The van der Waals surface area contributed by atoms with Gasteiger partial charge in [0.05, 0.1) is 18.6 Å². The lowest BCUT2D eigenvalue weighted by atomic mass is 10.2. The molecule has 2 aromatic rings. The third kappa shape index (κ3) is 1.54. The first-order valence-corrected chi connectivity index (χ1v) is 7.33. The predicted octanol–water partition coefficient (Wildman–Crippen LogP) is 2.02. The van der Waals surface area contributed by atoms with E-state index in [-0.39, 0.29) is 0 Å². The van der Waals surface area contributed by atoms with E-state index in [2.05, 4.69) is 14.9 Å². The van der Waals surface area contributed by atoms with E-state index in [9.17, 15) is 0 Å². The Kier molecular flexibility index (Phi) is 2.48. The van der Waals surface area contributed by atoms with Gasteiger partial charge in [-0.3, -0.25) is 0 Å². The molecule has 1 fully saturated rings. The van der Waals surface area contributed by atoms with Crippen LogP contribution in [-0.2, 0) is 17.6 Å². The highest BCUT2D eigenvalue weighted by Gasteiger charge is 2.24. The minimum Gasteiger partial charge on any atom is -0.378 e. The van der Waals surface area contributed by atoms with Crippen LogP contribution in [0.1, 0.15) is 16.9 Å². The van der Waals surface area contributed by atoms with Crippen molar-refractivity contribution in [3.63, 3.8) is 0 Å². The molecule has 0 unspecified atom stereocenters. The van der Waals surface area contributed by atoms with Gasteiger partial charge in [-0.25, -0.2) is 9.97 Å². The van der Waals surface area contributed by atoms with Gasteiger partial charge in [0.2, 0.25) is 0 Å². The van der Waals surface area contributed by atoms with Crippen LogP contribution in [0.4, 0.5) is 5.82 Å². The second-order valence-electron chi connectivity index (χ2n) is 4.83. The van der Waals surface area contributed by atoms with Gasteiger partial charge >= 0.3 is 0 Å². The molecule has 0 amide bonds. The van der Waals surface area contributed by atoms with Gasteiger partial charge in [-0.2, -0.15) is 0 Å². The van der Waals surface area contributed by atoms with Gasteiger partial charge in [-0.05, 0) is 24.8 Å². The largest absolute Gasteiger partial charge is 0.378 e. The van der Waals surface area contributed by atoms with Crippen molar-refractivity contribution in [1.82, 2.24) is 9.97 Å². The highest BCUT2D eigenvalue weighted by molar-refractivity contribution is 7.19. The zero-order chi connectivity index (χ0) is 11.9. The van der Waals surface area contributed by atoms with E-state index in [1.807, 2.05) is 11.3 Å². The number of nitrogens with zero attached hydrogens (tertiary/aromatic N) is 3. The Bertz CT molecular complexity index is 589. The Balaban J connectivity index is 1.88. The average molecular weight is 261 g/mol. The maximum Gasteiger partial charge on any atom is 0.141 e.